The van der Waals surface area contributed by atoms with Gasteiger partial charge in [0.2, 0.25) is 0 Å². The molecule has 0 amide bonds. The molecule has 0 heterocycles. The fourth-order valence-electron chi connectivity index (χ4n) is 0.387. The van der Waals surface area contributed by atoms with E-state index < -0.39 is 0 Å². The largest absolute Gasteiger partial charge is 0.463 e. The topological polar surface area (TPSA) is 26.3 Å². The Balaban J connectivity index is 0. The highest BCUT2D eigenvalue weighted by Gasteiger charge is 1.90. The fraction of sp³-hybridized carbons (Fsp3) is 0.571. The zero-order valence-corrected chi connectivity index (χ0v) is 7.39. The van der Waals surface area contributed by atoms with E-state index in [9.17, 15) is 4.79 Å². The maximum absolute atomic E-state index is 10.5. The Morgan fingerprint density at radius 2 is 2.20 bits per heavy atom. The first kappa shape index (κ1) is 12.3. The van der Waals surface area contributed by atoms with Gasteiger partial charge in [-0.1, -0.05) is 13.0 Å². The van der Waals surface area contributed by atoms with E-state index in [2.05, 4.69) is 0 Å². The molecule has 0 atom stereocenters. The molecule has 0 aliphatic heterocycles. The molecular formula is C7H14O2S. The molecule has 0 N–H and O–H groups in total. The molecule has 0 radical (unpaired) electrons. The summed E-state index contributed by atoms with van der Waals surface area (Å²) in [6, 6.07) is 0. The van der Waals surface area contributed by atoms with Crippen LogP contribution in [0.15, 0.2) is 12.2 Å². The van der Waals surface area contributed by atoms with E-state index in [1.165, 1.54) is 6.08 Å². The SMILES string of the molecule is CC=CC(=O)OCCC.S. The van der Waals surface area contributed by atoms with Gasteiger partial charge in [0.25, 0.3) is 0 Å². The molecule has 60 valence electrons. The number of hydrogen-bond donors (Lipinski definition) is 0. The van der Waals surface area contributed by atoms with Gasteiger partial charge in [0.05, 0.1) is 6.61 Å². The molecule has 0 aromatic rings. The molecule has 2 nitrogen and oxygen atoms in total. The molecule has 10 heavy (non-hydrogen) atoms. The molecule has 0 aromatic carbocycles. The van der Waals surface area contributed by atoms with Crippen molar-refractivity contribution in [2.45, 2.75) is 20.3 Å². The molecule has 0 saturated heterocycles. The van der Waals surface area contributed by atoms with E-state index in [4.69, 9.17) is 4.74 Å². The predicted molar refractivity (Wildman–Crippen MR) is 46.4 cm³/mol. The molecule has 3 heteroatoms. The van der Waals surface area contributed by atoms with Crippen molar-refractivity contribution >= 4 is 19.5 Å². The van der Waals surface area contributed by atoms with Crippen LogP contribution < -0.4 is 0 Å². The van der Waals surface area contributed by atoms with Crippen LogP contribution in [0.25, 0.3) is 0 Å². The Bertz CT molecular complexity index is 110. The van der Waals surface area contributed by atoms with Crippen LogP contribution in [0.2, 0.25) is 0 Å². The quantitative estimate of drug-likeness (QED) is 0.465. The van der Waals surface area contributed by atoms with Crippen molar-refractivity contribution in [3.63, 3.8) is 0 Å². The van der Waals surface area contributed by atoms with Crippen LogP contribution in [0.1, 0.15) is 20.3 Å². The zero-order valence-electron chi connectivity index (χ0n) is 6.39. The van der Waals surface area contributed by atoms with Crippen LogP contribution in [0, 0.1) is 0 Å². The lowest BCUT2D eigenvalue weighted by molar-refractivity contribution is -0.137. The summed E-state index contributed by atoms with van der Waals surface area (Å²) in [7, 11) is 0. The Morgan fingerprint density at radius 3 is 2.60 bits per heavy atom. The lowest BCUT2D eigenvalue weighted by Gasteiger charge is -1.95. The van der Waals surface area contributed by atoms with E-state index in [1.54, 1.807) is 13.0 Å². The summed E-state index contributed by atoms with van der Waals surface area (Å²) < 4.78 is 4.71. The number of ether oxygens (including phenoxy) is 1. The van der Waals surface area contributed by atoms with Crippen molar-refractivity contribution in [3.8, 4) is 0 Å². The fourth-order valence-corrected chi connectivity index (χ4v) is 0.387. The molecule has 0 aromatic heterocycles. The van der Waals surface area contributed by atoms with Crippen molar-refractivity contribution in [2.75, 3.05) is 6.61 Å². The van der Waals surface area contributed by atoms with Crippen molar-refractivity contribution in [3.05, 3.63) is 12.2 Å². The second kappa shape index (κ2) is 8.56. The van der Waals surface area contributed by atoms with Gasteiger partial charge in [0.1, 0.15) is 0 Å². The smallest absolute Gasteiger partial charge is 0.330 e. The van der Waals surface area contributed by atoms with Gasteiger partial charge in [-0.15, -0.1) is 0 Å². The summed E-state index contributed by atoms with van der Waals surface area (Å²) in [6.07, 6.45) is 3.96. The highest BCUT2D eigenvalue weighted by Crippen LogP contribution is 1.83. The molecular weight excluding hydrogens is 148 g/mol. The van der Waals surface area contributed by atoms with Crippen molar-refractivity contribution < 1.29 is 9.53 Å². The summed E-state index contributed by atoms with van der Waals surface area (Å²) in [5.41, 5.74) is 0. The van der Waals surface area contributed by atoms with Crippen molar-refractivity contribution in [1.82, 2.24) is 0 Å². The minimum Gasteiger partial charge on any atom is -0.463 e. The zero-order chi connectivity index (χ0) is 7.11. The Hall–Kier alpha value is -0.440. The van der Waals surface area contributed by atoms with Crippen molar-refractivity contribution in [2.24, 2.45) is 0 Å². The van der Waals surface area contributed by atoms with Gasteiger partial charge in [-0.05, 0) is 13.3 Å². The molecule has 0 fully saturated rings. The van der Waals surface area contributed by atoms with Crippen molar-refractivity contribution in [1.29, 1.82) is 0 Å². The van der Waals surface area contributed by atoms with Crippen LogP contribution in [0.3, 0.4) is 0 Å². The summed E-state index contributed by atoms with van der Waals surface area (Å²) in [6.45, 7) is 4.26. The summed E-state index contributed by atoms with van der Waals surface area (Å²) >= 11 is 0. The van der Waals surface area contributed by atoms with E-state index in [0.29, 0.717) is 6.61 Å². The third-order valence-corrected chi connectivity index (χ3v) is 0.751. The van der Waals surface area contributed by atoms with Gasteiger partial charge in [-0.2, -0.15) is 13.5 Å². The average Bonchev–Trinajstić information content (AvgIpc) is 1.85. The second-order valence-electron chi connectivity index (χ2n) is 1.67. The molecule has 0 saturated carbocycles. The molecule has 0 bridgehead atoms. The van der Waals surface area contributed by atoms with Crippen LogP contribution in [0.4, 0.5) is 0 Å². The number of allylic oxidation sites excluding steroid dienone is 1. The molecule has 0 aliphatic carbocycles. The van der Waals surface area contributed by atoms with Gasteiger partial charge in [-0.3, -0.25) is 0 Å². The molecule has 0 aliphatic rings. The summed E-state index contributed by atoms with van der Waals surface area (Å²) in [5, 5.41) is 0. The lowest BCUT2D eigenvalue weighted by Crippen LogP contribution is -2.00. The third-order valence-electron chi connectivity index (χ3n) is 0.751. The second-order valence-corrected chi connectivity index (χ2v) is 1.67. The number of rotatable bonds is 3. The average molecular weight is 162 g/mol. The van der Waals surface area contributed by atoms with Crippen LogP contribution >= 0.6 is 13.5 Å². The van der Waals surface area contributed by atoms with Gasteiger partial charge < -0.3 is 4.74 Å². The number of hydrogen-bond acceptors (Lipinski definition) is 2. The predicted octanol–water partition coefficient (Wildman–Crippen LogP) is 1.63. The van der Waals surface area contributed by atoms with Crippen LogP contribution in [0.5, 0.6) is 0 Å². The Kier molecular flexibility index (Phi) is 10.5. The minimum atomic E-state index is -0.251. The van der Waals surface area contributed by atoms with E-state index in [-0.39, 0.29) is 19.5 Å². The molecule has 0 spiro atoms. The maximum Gasteiger partial charge on any atom is 0.330 e. The normalized spacial score (nSPS) is 9.00. The first-order valence-electron chi connectivity index (χ1n) is 3.10. The maximum atomic E-state index is 10.5. The minimum absolute atomic E-state index is 0. The van der Waals surface area contributed by atoms with Gasteiger partial charge in [0, 0.05) is 6.08 Å². The third kappa shape index (κ3) is 7.56. The van der Waals surface area contributed by atoms with Gasteiger partial charge >= 0.3 is 5.97 Å². The van der Waals surface area contributed by atoms with E-state index in [1.807, 2.05) is 6.92 Å². The molecule has 0 rings (SSSR count). The number of esters is 1. The summed E-state index contributed by atoms with van der Waals surface area (Å²) in [4.78, 5) is 10.5. The molecule has 0 unspecified atom stereocenters. The van der Waals surface area contributed by atoms with Gasteiger partial charge in [0.15, 0.2) is 0 Å². The van der Waals surface area contributed by atoms with E-state index >= 15 is 0 Å². The number of carbonyl (C=O) groups excluding carboxylic acids is 1. The first-order chi connectivity index (χ1) is 4.31. The first-order valence-corrected chi connectivity index (χ1v) is 3.10. The number of carbonyl (C=O) groups is 1. The Labute approximate surface area is 68.7 Å². The highest BCUT2D eigenvalue weighted by molar-refractivity contribution is 7.59. The standard InChI is InChI=1S/C7H12O2.H2S/c1-3-5-7(8)9-6-4-2;/h3,5H,4,6H2,1-2H3;1H2. The summed E-state index contributed by atoms with van der Waals surface area (Å²) in [5.74, 6) is -0.251. The van der Waals surface area contributed by atoms with Crippen LogP contribution in [-0.2, 0) is 9.53 Å². The van der Waals surface area contributed by atoms with Gasteiger partial charge in [-0.25, -0.2) is 4.79 Å². The van der Waals surface area contributed by atoms with Crippen LogP contribution in [-0.4, -0.2) is 12.6 Å². The highest BCUT2D eigenvalue weighted by atomic mass is 32.1. The monoisotopic (exact) mass is 162 g/mol. The van der Waals surface area contributed by atoms with E-state index in [0.717, 1.165) is 6.42 Å². The lowest BCUT2D eigenvalue weighted by atomic mass is 10.5. The Morgan fingerprint density at radius 1 is 1.60 bits per heavy atom.